The van der Waals surface area contributed by atoms with Crippen molar-refractivity contribution in [3.8, 4) is 11.5 Å². The van der Waals surface area contributed by atoms with Crippen molar-refractivity contribution in [2.45, 2.75) is 71.2 Å². The van der Waals surface area contributed by atoms with Gasteiger partial charge in [-0.25, -0.2) is 0 Å². The molecule has 1 heterocycles. The van der Waals surface area contributed by atoms with Crippen LogP contribution in [0.1, 0.15) is 40.7 Å². The number of carbonyl (C=O) groups excluding carboxylic acids is 2. The number of ether oxygens (including phenoxy) is 2. The van der Waals surface area contributed by atoms with Crippen LogP contribution in [0.2, 0.25) is 0 Å². The number of aliphatic hydroxyl groups is 2. The summed E-state index contributed by atoms with van der Waals surface area (Å²) < 4.78 is 11.7. The average Bonchev–Trinajstić information content (AvgIpc) is 3.46. The number of aliphatic hydroxyl groups excluding tert-OH is 2. The first-order chi connectivity index (χ1) is 20.2. The first kappa shape index (κ1) is 31.1. The fourth-order valence-electron chi connectivity index (χ4n) is 5.70. The molecule has 3 aromatic rings. The molecule has 3 N–H and O–H groups in total. The Hall–Kier alpha value is -3.88. The third-order valence-corrected chi connectivity index (χ3v) is 7.93. The maximum Gasteiger partial charge on any atom is 0.260 e. The topological polar surface area (TPSA) is 108 Å². The largest absolute Gasteiger partial charge is 0.483 e. The van der Waals surface area contributed by atoms with Crippen molar-refractivity contribution in [1.29, 1.82) is 0 Å². The highest BCUT2D eigenvalue weighted by Crippen LogP contribution is 2.26. The molecule has 0 aromatic heterocycles. The molecule has 2 amide bonds. The Labute approximate surface area is 248 Å². The van der Waals surface area contributed by atoms with Crippen molar-refractivity contribution in [3.05, 3.63) is 94.5 Å². The maximum atomic E-state index is 13.2. The SMILES string of the molecule is Cc1cccc(C)c1OCC(=O)N[C@@H](Cc1ccccc1)[C@H](O)[C@@H](O)[C@@H]1CCCN1C(=O)COc1c(C)cccc1C. The molecule has 224 valence electrons. The number of rotatable bonds is 12. The van der Waals surface area contributed by atoms with Crippen LogP contribution in [0.4, 0.5) is 0 Å². The summed E-state index contributed by atoms with van der Waals surface area (Å²) in [5.74, 6) is 0.662. The molecular formula is C34H42N2O6. The molecule has 0 saturated carbocycles. The Bertz CT molecular complexity index is 1320. The number of likely N-dealkylation sites (tertiary alicyclic amines) is 1. The van der Waals surface area contributed by atoms with Gasteiger partial charge in [0.25, 0.3) is 11.8 Å². The van der Waals surface area contributed by atoms with E-state index in [1.54, 1.807) is 4.90 Å². The quantitative estimate of drug-likeness (QED) is 0.304. The van der Waals surface area contributed by atoms with Crippen LogP contribution in [0.3, 0.4) is 0 Å². The lowest BCUT2D eigenvalue weighted by atomic mass is 9.93. The summed E-state index contributed by atoms with van der Waals surface area (Å²) >= 11 is 0. The monoisotopic (exact) mass is 574 g/mol. The third-order valence-electron chi connectivity index (χ3n) is 7.93. The van der Waals surface area contributed by atoms with E-state index in [9.17, 15) is 19.8 Å². The van der Waals surface area contributed by atoms with Gasteiger partial charge in [-0.2, -0.15) is 0 Å². The summed E-state index contributed by atoms with van der Waals surface area (Å²) in [7, 11) is 0. The number of nitrogens with zero attached hydrogens (tertiary/aromatic N) is 1. The molecule has 0 aliphatic carbocycles. The lowest BCUT2D eigenvalue weighted by Crippen LogP contribution is -2.56. The van der Waals surface area contributed by atoms with Gasteiger partial charge in [0.15, 0.2) is 13.2 Å². The van der Waals surface area contributed by atoms with Crippen molar-refractivity contribution in [1.82, 2.24) is 10.2 Å². The molecule has 0 bridgehead atoms. The zero-order valence-corrected chi connectivity index (χ0v) is 24.9. The molecule has 1 fully saturated rings. The van der Waals surface area contributed by atoms with E-state index in [1.165, 1.54) is 0 Å². The summed E-state index contributed by atoms with van der Waals surface area (Å²) in [6.07, 6.45) is -1.07. The Morgan fingerprint density at radius 2 is 1.38 bits per heavy atom. The minimum Gasteiger partial charge on any atom is -0.483 e. The molecule has 8 nitrogen and oxygen atoms in total. The first-order valence-corrected chi connectivity index (χ1v) is 14.5. The lowest BCUT2D eigenvalue weighted by molar-refractivity contribution is -0.139. The molecule has 1 aliphatic heterocycles. The second-order valence-electron chi connectivity index (χ2n) is 11.2. The first-order valence-electron chi connectivity index (χ1n) is 14.5. The van der Waals surface area contributed by atoms with E-state index in [1.807, 2.05) is 94.4 Å². The molecule has 8 heteroatoms. The Morgan fingerprint density at radius 3 is 1.95 bits per heavy atom. The predicted molar refractivity (Wildman–Crippen MR) is 162 cm³/mol. The minimum absolute atomic E-state index is 0.162. The van der Waals surface area contributed by atoms with Gasteiger partial charge in [0, 0.05) is 6.54 Å². The number of hydrogen-bond acceptors (Lipinski definition) is 6. The number of carbonyl (C=O) groups is 2. The second kappa shape index (κ2) is 14.3. The zero-order valence-electron chi connectivity index (χ0n) is 24.9. The Morgan fingerprint density at radius 1 is 0.833 bits per heavy atom. The van der Waals surface area contributed by atoms with Crippen LogP contribution < -0.4 is 14.8 Å². The van der Waals surface area contributed by atoms with Gasteiger partial charge < -0.3 is 29.9 Å². The van der Waals surface area contributed by atoms with Gasteiger partial charge in [0.2, 0.25) is 0 Å². The highest BCUT2D eigenvalue weighted by atomic mass is 16.5. The van der Waals surface area contributed by atoms with Gasteiger partial charge in [-0.3, -0.25) is 9.59 Å². The van der Waals surface area contributed by atoms with Crippen LogP contribution in [0.25, 0.3) is 0 Å². The van der Waals surface area contributed by atoms with Crippen LogP contribution in [0, 0.1) is 27.7 Å². The van der Waals surface area contributed by atoms with Gasteiger partial charge in [-0.1, -0.05) is 66.7 Å². The average molecular weight is 575 g/mol. The number of nitrogens with one attached hydrogen (secondary N) is 1. The molecule has 1 aliphatic rings. The zero-order chi connectivity index (χ0) is 30.2. The summed E-state index contributed by atoms with van der Waals surface area (Å²) in [5, 5.41) is 25.7. The highest BCUT2D eigenvalue weighted by molar-refractivity contribution is 5.79. The smallest absolute Gasteiger partial charge is 0.260 e. The standard InChI is InChI=1S/C34H42N2O6/c1-22-11-8-12-23(2)33(22)41-20-29(37)35-27(19-26-15-6-5-7-16-26)31(39)32(40)28-17-10-18-36(28)30(38)21-42-34-24(3)13-9-14-25(34)4/h5-9,11-16,27-28,31-32,39-40H,10,17-21H2,1-4H3,(H,35,37)/t27-,28-,31-,32-/m0/s1. The molecule has 0 radical (unpaired) electrons. The van der Waals surface area contributed by atoms with Crippen LogP contribution in [0.15, 0.2) is 66.7 Å². The molecule has 42 heavy (non-hydrogen) atoms. The van der Waals surface area contributed by atoms with E-state index in [0.29, 0.717) is 37.3 Å². The molecule has 4 rings (SSSR count). The summed E-state index contributed by atoms with van der Waals surface area (Å²) in [5.41, 5.74) is 4.62. The molecule has 0 spiro atoms. The number of para-hydroxylation sites is 2. The van der Waals surface area contributed by atoms with Crippen molar-refractivity contribution < 1.29 is 29.3 Å². The molecule has 3 aromatic carbocycles. The van der Waals surface area contributed by atoms with Gasteiger partial charge in [-0.05, 0) is 74.8 Å². The fourth-order valence-corrected chi connectivity index (χ4v) is 5.70. The van der Waals surface area contributed by atoms with E-state index in [0.717, 1.165) is 27.8 Å². The van der Waals surface area contributed by atoms with Crippen molar-refractivity contribution in [2.75, 3.05) is 19.8 Å². The maximum absolute atomic E-state index is 13.2. The number of aryl methyl sites for hydroxylation is 4. The van der Waals surface area contributed by atoms with Gasteiger partial charge in [0.05, 0.1) is 12.1 Å². The van der Waals surface area contributed by atoms with Crippen LogP contribution >= 0.6 is 0 Å². The molecule has 4 atom stereocenters. The van der Waals surface area contributed by atoms with E-state index < -0.39 is 30.2 Å². The van der Waals surface area contributed by atoms with Gasteiger partial charge in [-0.15, -0.1) is 0 Å². The highest BCUT2D eigenvalue weighted by Gasteiger charge is 2.40. The number of hydrogen-bond donors (Lipinski definition) is 3. The summed E-state index contributed by atoms with van der Waals surface area (Å²) in [6.45, 7) is 7.76. The third kappa shape index (κ3) is 7.69. The van der Waals surface area contributed by atoms with Crippen molar-refractivity contribution >= 4 is 11.8 Å². The lowest BCUT2D eigenvalue weighted by Gasteiger charge is -2.35. The Balaban J connectivity index is 1.44. The predicted octanol–water partition coefficient (Wildman–Crippen LogP) is 3.82. The van der Waals surface area contributed by atoms with Gasteiger partial charge in [0.1, 0.15) is 23.7 Å². The van der Waals surface area contributed by atoms with Crippen LogP contribution in [0.5, 0.6) is 11.5 Å². The molecule has 0 unspecified atom stereocenters. The van der Waals surface area contributed by atoms with E-state index in [-0.39, 0.29) is 19.1 Å². The number of benzene rings is 3. The number of amides is 2. The van der Waals surface area contributed by atoms with E-state index >= 15 is 0 Å². The van der Waals surface area contributed by atoms with Crippen molar-refractivity contribution in [2.24, 2.45) is 0 Å². The van der Waals surface area contributed by atoms with Gasteiger partial charge >= 0.3 is 0 Å². The summed E-state index contributed by atoms with van der Waals surface area (Å²) in [4.78, 5) is 27.8. The van der Waals surface area contributed by atoms with E-state index in [4.69, 9.17) is 9.47 Å². The van der Waals surface area contributed by atoms with Crippen LogP contribution in [-0.2, 0) is 16.0 Å². The second-order valence-corrected chi connectivity index (χ2v) is 11.2. The molecule has 1 saturated heterocycles. The summed E-state index contributed by atoms with van der Waals surface area (Å²) in [6, 6.07) is 19.6. The van der Waals surface area contributed by atoms with E-state index in [2.05, 4.69) is 5.32 Å². The fraction of sp³-hybridized carbons (Fsp3) is 0.412. The normalized spacial score (nSPS) is 16.9. The Kier molecular flexibility index (Phi) is 10.6. The minimum atomic E-state index is -1.33. The molecular weight excluding hydrogens is 532 g/mol. The van der Waals surface area contributed by atoms with Crippen molar-refractivity contribution in [3.63, 3.8) is 0 Å². The van der Waals surface area contributed by atoms with Crippen LogP contribution in [-0.4, -0.2) is 71.0 Å².